The summed E-state index contributed by atoms with van der Waals surface area (Å²) in [6.07, 6.45) is 5.64. The Morgan fingerprint density at radius 3 is 3.04 bits per heavy atom. The molecule has 0 aromatic carbocycles. The van der Waals surface area contributed by atoms with Gasteiger partial charge in [-0.2, -0.15) is 0 Å². The van der Waals surface area contributed by atoms with Crippen LogP contribution in [0.4, 0.5) is 11.6 Å². The highest BCUT2D eigenvalue weighted by Gasteiger charge is 2.31. The standard InChI is InChI=1S/C19H32N6O2/c1-3-27-11-5-9-21-18-16-12-25(15-6-4-8-20-10-7-15)17(26)13-24(2)19(16)23-14-22-18/h14-15,20H,3-13H2,1-2H3,(H,21,22,23). The van der Waals surface area contributed by atoms with Gasteiger partial charge in [0.15, 0.2) is 0 Å². The van der Waals surface area contributed by atoms with E-state index in [0.29, 0.717) is 13.1 Å². The van der Waals surface area contributed by atoms with Crippen molar-refractivity contribution in [2.24, 2.45) is 0 Å². The van der Waals surface area contributed by atoms with Gasteiger partial charge in [0.25, 0.3) is 0 Å². The summed E-state index contributed by atoms with van der Waals surface area (Å²) in [5.74, 6) is 1.85. The summed E-state index contributed by atoms with van der Waals surface area (Å²) in [6.45, 7) is 7.18. The third-order valence-corrected chi connectivity index (χ3v) is 5.25. The zero-order valence-electron chi connectivity index (χ0n) is 16.5. The summed E-state index contributed by atoms with van der Waals surface area (Å²) in [5, 5.41) is 6.86. The molecule has 1 saturated heterocycles. The van der Waals surface area contributed by atoms with Crippen molar-refractivity contribution in [3.05, 3.63) is 11.9 Å². The quantitative estimate of drug-likeness (QED) is 0.693. The molecule has 1 aromatic rings. The van der Waals surface area contributed by atoms with Gasteiger partial charge < -0.3 is 25.2 Å². The third kappa shape index (κ3) is 5.07. The molecule has 2 aliphatic heterocycles. The molecule has 3 heterocycles. The molecule has 8 nitrogen and oxygen atoms in total. The first-order valence-corrected chi connectivity index (χ1v) is 10.1. The second kappa shape index (κ2) is 9.85. The molecule has 2 N–H and O–H groups in total. The van der Waals surface area contributed by atoms with Gasteiger partial charge >= 0.3 is 0 Å². The number of aromatic nitrogens is 2. The van der Waals surface area contributed by atoms with E-state index in [9.17, 15) is 4.79 Å². The minimum Gasteiger partial charge on any atom is -0.382 e. The molecule has 150 valence electrons. The largest absolute Gasteiger partial charge is 0.382 e. The van der Waals surface area contributed by atoms with E-state index in [1.54, 1.807) is 6.33 Å². The number of nitrogens with zero attached hydrogens (tertiary/aromatic N) is 4. The average molecular weight is 377 g/mol. The topological polar surface area (TPSA) is 82.6 Å². The molecule has 1 amide bonds. The van der Waals surface area contributed by atoms with Crippen LogP contribution in [0.1, 0.15) is 38.2 Å². The van der Waals surface area contributed by atoms with E-state index in [1.165, 1.54) is 0 Å². The molecule has 0 bridgehead atoms. The first kappa shape index (κ1) is 19.8. The number of fused-ring (bicyclic) bond motifs is 1. The molecule has 1 unspecified atom stereocenters. The molecule has 1 atom stereocenters. The predicted molar refractivity (Wildman–Crippen MR) is 106 cm³/mol. The molecular weight excluding hydrogens is 344 g/mol. The molecule has 1 fully saturated rings. The fourth-order valence-electron chi connectivity index (χ4n) is 3.83. The Morgan fingerprint density at radius 2 is 2.19 bits per heavy atom. The lowest BCUT2D eigenvalue weighted by atomic mass is 10.1. The van der Waals surface area contributed by atoms with Crippen LogP contribution in [0.15, 0.2) is 6.33 Å². The molecule has 2 aliphatic rings. The highest BCUT2D eigenvalue weighted by atomic mass is 16.5. The summed E-state index contributed by atoms with van der Waals surface area (Å²) in [7, 11) is 1.93. The highest BCUT2D eigenvalue weighted by molar-refractivity contribution is 5.83. The first-order valence-electron chi connectivity index (χ1n) is 10.1. The van der Waals surface area contributed by atoms with Gasteiger partial charge in [-0.1, -0.05) is 0 Å². The first-order chi connectivity index (χ1) is 13.2. The van der Waals surface area contributed by atoms with Gasteiger partial charge in [-0.05, 0) is 45.7 Å². The number of amides is 1. The van der Waals surface area contributed by atoms with Crippen molar-refractivity contribution >= 4 is 17.5 Å². The van der Waals surface area contributed by atoms with Crippen LogP contribution in [0.2, 0.25) is 0 Å². The van der Waals surface area contributed by atoms with Crippen molar-refractivity contribution in [2.75, 3.05) is 56.7 Å². The SMILES string of the molecule is CCOCCCNc1ncnc2c1CN(C1CCCNCC1)C(=O)CN2C. The van der Waals surface area contributed by atoms with E-state index >= 15 is 0 Å². The van der Waals surface area contributed by atoms with Gasteiger partial charge in [0.05, 0.1) is 18.7 Å². The maximum absolute atomic E-state index is 12.9. The maximum atomic E-state index is 12.9. The lowest BCUT2D eigenvalue weighted by Crippen LogP contribution is -2.43. The second-order valence-electron chi connectivity index (χ2n) is 7.21. The fraction of sp³-hybridized carbons (Fsp3) is 0.737. The molecule has 3 rings (SSSR count). The van der Waals surface area contributed by atoms with Gasteiger partial charge in [0.1, 0.15) is 18.0 Å². The summed E-state index contributed by atoms with van der Waals surface area (Å²) < 4.78 is 5.40. The average Bonchev–Trinajstić information content (AvgIpc) is 3.00. The molecule has 0 saturated carbocycles. The molecule has 1 aromatic heterocycles. The van der Waals surface area contributed by atoms with Gasteiger partial charge in [-0.15, -0.1) is 0 Å². The minimum absolute atomic E-state index is 0.171. The Hall–Kier alpha value is -1.93. The molecule has 0 aliphatic carbocycles. The number of anilines is 2. The van der Waals surface area contributed by atoms with E-state index in [2.05, 4.69) is 20.6 Å². The zero-order valence-corrected chi connectivity index (χ0v) is 16.5. The van der Waals surface area contributed by atoms with Crippen LogP contribution >= 0.6 is 0 Å². The van der Waals surface area contributed by atoms with Crippen molar-refractivity contribution < 1.29 is 9.53 Å². The number of likely N-dealkylation sites (N-methyl/N-ethyl adjacent to an activating group) is 1. The third-order valence-electron chi connectivity index (χ3n) is 5.25. The molecule has 0 spiro atoms. The molecule has 0 radical (unpaired) electrons. The van der Waals surface area contributed by atoms with E-state index in [1.807, 2.05) is 23.8 Å². The fourth-order valence-corrected chi connectivity index (χ4v) is 3.83. The van der Waals surface area contributed by atoms with Crippen LogP contribution in [0.3, 0.4) is 0 Å². The van der Waals surface area contributed by atoms with Crippen LogP contribution in [0.25, 0.3) is 0 Å². The number of carbonyl (C=O) groups is 1. The van der Waals surface area contributed by atoms with E-state index in [4.69, 9.17) is 4.74 Å². The van der Waals surface area contributed by atoms with Crippen LogP contribution < -0.4 is 15.5 Å². The van der Waals surface area contributed by atoms with Crippen molar-refractivity contribution in [3.63, 3.8) is 0 Å². The predicted octanol–water partition coefficient (Wildman–Crippen LogP) is 1.24. The summed E-state index contributed by atoms with van der Waals surface area (Å²) in [4.78, 5) is 25.9. The number of nitrogens with one attached hydrogen (secondary N) is 2. The monoisotopic (exact) mass is 376 g/mol. The van der Waals surface area contributed by atoms with E-state index < -0.39 is 0 Å². The Balaban J connectivity index is 1.77. The summed E-state index contributed by atoms with van der Waals surface area (Å²) in [5.41, 5.74) is 1.01. The molecule has 8 heteroatoms. The minimum atomic E-state index is 0.171. The van der Waals surface area contributed by atoms with E-state index in [0.717, 1.165) is 75.7 Å². The molecule has 27 heavy (non-hydrogen) atoms. The Kier molecular flexibility index (Phi) is 7.23. The Morgan fingerprint density at radius 1 is 1.30 bits per heavy atom. The number of ether oxygens (including phenoxy) is 1. The second-order valence-corrected chi connectivity index (χ2v) is 7.21. The number of hydrogen-bond acceptors (Lipinski definition) is 7. The van der Waals surface area contributed by atoms with Crippen molar-refractivity contribution in [1.29, 1.82) is 0 Å². The zero-order chi connectivity index (χ0) is 19.1. The van der Waals surface area contributed by atoms with Crippen molar-refractivity contribution in [2.45, 2.75) is 45.2 Å². The lowest BCUT2D eigenvalue weighted by Gasteiger charge is -2.30. The van der Waals surface area contributed by atoms with Gasteiger partial charge in [0.2, 0.25) is 5.91 Å². The van der Waals surface area contributed by atoms with Crippen LogP contribution in [0, 0.1) is 0 Å². The van der Waals surface area contributed by atoms with Crippen LogP contribution in [-0.4, -0.2) is 73.3 Å². The Bertz CT molecular complexity index is 618. The van der Waals surface area contributed by atoms with E-state index in [-0.39, 0.29) is 11.9 Å². The summed E-state index contributed by atoms with van der Waals surface area (Å²) >= 11 is 0. The van der Waals surface area contributed by atoms with Crippen molar-refractivity contribution in [3.8, 4) is 0 Å². The molecular formula is C19H32N6O2. The normalized spacial score (nSPS) is 20.8. The number of rotatable bonds is 7. The summed E-state index contributed by atoms with van der Waals surface area (Å²) in [6, 6.07) is 0.276. The highest BCUT2D eigenvalue weighted by Crippen LogP contribution is 2.29. The van der Waals surface area contributed by atoms with Gasteiger partial charge in [-0.25, -0.2) is 9.97 Å². The lowest BCUT2D eigenvalue weighted by molar-refractivity contribution is -0.132. The van der Waals surface area contributed by atoms with Crippen LogP contribution in [-0.2, 0) is 16.1 Å². The van der Waals surface area contributed by atoms with Crippen LogP contribution in [0.5, 0.6) is 0 Å². The van der Waals surface area contributed by atoms with Gasteiger partial charge in [0, 0.05) is 32.8 Å². The van der Waals surface area contributed by atoms with Crippen molar-refractivity contribution in [1.82, 2.24) is 20.2 Å². The number of carbonyl (C=O) groups excluding carboxylic acids is 1. The Labute approximate surface area is 161 Å². The van der Waals surface area contributed by atoms with Gasteiger partial charge in [-0.3, -0.25) is 4.79 Å². The maximum Gasteiger partial charge on any atom is 0.242 e. The number of hydrogen-bond donors (Lipinski definition) is 2. The smallest absolute Gasteiger partial charge is 0.242 e.